The van der Waals surface area contributed by atoms with Crippen molar-refractivity contribution in [1.82, 2.24) is 4.31 Å². The van der Waals surface area contributed by atoms with Gasteiger partial charge in [0.1, 0.15) is 0 Å². The zero-order valence-electron chi connectivity index (χ0n) is 11.3. The third kappa shape index (κ3) is 3.07. The Labute approximate surface area is 128 Å². The first-order valence-corrected chi connectivity index (χ1v) is 8.88. The Balaban J connectivity index is 2.44. The molecule has 1 saturated carbocycles. The minimum Gasteiger partial charge on any atom is -0.399 e. The van der Waals surface area contributed by atoms with Crippen molar-refractivity contribution in [3.8, 4) is 0 Å². The molecule has 0 saturated heterocycles. The van der Waals surface area contributed by atoms with E-state index in [9.17, 15) is 8.42 Å². The molecule has 2 N–H and O–H groups in total. The average Bonchev–Trinajstić information content (AvgIpc) is 2.92. The Hall–Kier alpha value is -0.850. The van der Waals surface area contributed by atoms with Gasteiger partial charge in [0.2, 0.25) is 10.0 Å². The maximum atomic E-state index is 12.9. The fourth-order valence-electron chi connectivity index (χ4n) is 2.61. The van der Waals surface area contributed by atoms with Crippen LogP contribution in [0.2, 0.25) is 0 Å². The number of sulfonamides is 1. The summed E-state index contributed by atoms with van der Waals surface area (Å²) in [6, 6.07) is 4.91. The van der Waals surface area contributed by atoms with E-state index in [1.165, 1.54) is 6.07 Å². The van der Waals surface area contributed by atoms with Crippen LogP contribution in [0, 0.1) is 0 Å². The first-order chi connectivity index (χ1) is 9.46. The third-order valence-electron chi connectivity index (χ3n) is 3.58. The molecule has 6 heteroatoms. The Morgan fingerprint density at radius 2 is 2.05 bits per heavy atom. The van der Waals surface area contributed by atoms with Crippen molar-refractivity contribution in [3.05, 3.63) is 35.3 Å². The maximum absolute atomic E-state index is 12.9. The zero-order valence-corrected chi connectivity index (χ0v) is 13.7. The van der Waals surface area contributed by atoms with Crippen molar-refractivity contribution in [1.29, 1.82) is 0 Å². The van der Waals surface area contributed by atoms with Gasteiger partial charge < -0.3 is 5.73 Å². The second-order valence-corrected chi connectivity index (χ2v) is 7.70. The SMILES string of the molecule is C=CCN(C1CCCC1)S(=O)(=O)c1cc(N)ccc1Br. The van der Waals surface area contributed by atoms with E-state index in [-0.39, 0.29) is 10.9 Å². The summed E-state index contributed by atoms with van der Waals surface area (Å²) in [5.74, 6) is 0. The lowest BCUT2D eigenvalue weighted by molar-refractivity contribution is 0.347. The lowest BCUT2D eigenvalue weighted by Gasteiger charge is -2.27. The van der Waals surface area contributed by atoms with Gasteiger partial charge >= 0.3 is 0 Å². The predicted octanol–water partition coefficient (Wildman–Crippen LogP) is 3.15. The summed E-state index contributed by atoms with van der Waals surface area (Å²) in [5, 5.41) is 0. The Bertz CT molecular complexity index is 595. The van der Waals surface area contributed by atoms with Crippen LogP contribution in [0.4, 0.5) is 5.69 Å². The maximum Gasteiger partial charge on any atom is 0.244 e. The molecule has 0 aliphatic heterocycles. The Morgan fingerprint density at radius 1 is 1.40 bits per heavy atom. The minimum absolute atomic E-state index is 0.0614. The third-order valence-corrected chi connectivity index (χ3v) is 6.50. The molecule has 4 nitrogen and oxygen atoms in total. The van der Waals surface area contributed by atoms with Crippen LogP contribution in [0.25, 0.3) is 0 Å². The number of hydrogen-bond donors (Lipinski definition) is 1. The molecule has 0 atom stereocenters. The van der Waals surface area contributed by atoms with Crippen LogP contribution >= 0.6 is 15.9 Å². The highest BCUT2D eigenvalue weighted by molar-refractivity contribution is 9.10. The number of rotatable bonds is 5. The van der Waals surface area contributed by atoms with Crippen molar-refractivity contribution in [2.75, 3.05) is 12.3 Å². The number of anilines is 1. The van der Waals surface area contributed by atoms with Gasteiger partial charge in [0.05, 0.1) is 4.90 Å². The van der Waals surface area contributed by atoms with Crippen molar-refractivity contribution < 1.29 is 8.42 Å². The van der Waals surface area contributed by atoms with Gasteiger partial charge in [0.25, 0.3) is 0 Å². The molecule has 2 rings (SSSR count). The number of halogens is 1. The molecule has 0 amide bonds. The fraction of sp³-hybridized carbons (Fsp3) is 0.429. The van der Waals surface area contributed by atoms with Crippen LogP contribution in [0.3, 0.4) is 0 Å². The summed E-state index contributed by atoms with van der Waals surface area (Å²) in [6.07, 6.45) is 5.61. The lowest BCUT2D eigenvalue weighted by Crippen LogP contribution is -2.39. The average molecular weight is 359 g/mol. The molecule has 110 valence electrons. The Morgan fingerprint density at radius 3 is 2.65 bits per heavy atom. The lowest BCUT2D eigenvalue weighted by atomic mass is 10.2. The molecule has 20 heavy (non-hydrogen) atoms. The second-order valence-electron chi connectivity index (χ2n) is 4.99. The zero-order chi connectivity index (χ0) is 14.8. The minimum atomic E-state index is -3.56. The smallest absolute Gasteiger partial charge is 0.244 e. The van der Waals surface area contributed by atoms with Crippen molar-refractivity contribution in [2.45, 2.75) is 36.6 Å². The van der Waals surface area contributed by atoms with E-state index in [1.54, 1.807) is 22.5 Å². The van der Waals surface area contributed by atoms with Crippen LogP contribution in [-0.4, -0.2) is 25.3 Å². The standard InChI is InChI=1S/C14H19BrN2O2S/c1-2-9-17(12-5-3-4-6-12)20(18,19)14-10-11(16)7-8-13(14)15/h2,7-8,10,12H,1,3-6,9,16H2. The van der Waals surface area contributed by atoms with E-state index >= 15 is 0 Å². The summed E-state index contributed by atoms with van der Waals surface area (Å²) in [5.41, 5.74) is 6.17. The van der Waals surface area contributed by atoms with Gasteiger partial charge in [-0.05, 0) is 47.0 Å². The second kappa shape index (κ2) is 6.28. The Kier molecular flexibility index (Phi) is 4.88. The molecule has 0 spiro atoms. The number of hydrogen-bond acceptors (Lipinski definition) is 3. The summed E-state index contributed by atoms with van der Waals surface area (Å²) in [4.78, 5) is 0.228. The molecular formula is C14H19BrN2O2S. The normalized spacial score (nSPS) is 16.7. The van der Waals surface area contributed by atoms with Crippen molar-refractivity contribution in [2.24, 2.45) is 0 Å². The topological polar surface area (TPSA) is 63.4 Å². The van der Waals surface area contributed by atoms with Gasteiger partial charge in [-0.2, -0.15) is 4.31 Å². The number of nitrogen functional groups attached to an aromatic ring is 1. The van der Waals surface area contributed by atoms with E-state index < -0.39 is 10.0 Å². The van der Waals surface area contributed by atoms with Crippen LogP contribution in [0.15, 0.2) is 40.2 Å². The van der Waals surface area contributed by atoms with Gasteiger partial charge in [-0.3, -0.25) is 0 Å². The van der Waals surface area contributed by atoms with E-state index in [0.29, 0.717) is 16.7 Å². The van der Waals surface area contributed by atoms with Crippen LogP contribution in [0.1, 0.15) is 25.7 Å². The molecule has 0 unspecified atom stereocenters. The molecular weight excluding hydrogens is 340 g/mol. The van der Waals surface area contributed by atoms with Crippen LogP contribution < -0.4 is 5.73 Å². The molecule has 1 aromatic carbocycles. The summed E-state index contributed by atoms with van der Waals surface area (Å²) < 4.78 is 27.8. The van der Waals surface area contributed by atoms with Crippen LogP contribution in [0.5, 0.6) is 0 Å². The highest BCUT2D eigenvalue weighted by atomic mass is 79.9. The first kappa shape index (κ1) is 15.5. The highest BCUT2D eigenvalue weighted by Crippen LogP contribution is 2.32. The fourth-order valence-corrected chi connectivity index (χ4v) is 5.22. The van der Waals surface area contributed by atoms with Gasteiger partial charge in [0, 0.05) is 22.7 Å². The molecule has 1 fully saturated rings. The van der Waals surface area contributed by atoms with E-state index in [4.69, 9.17) is 5.73 Å². The van der Waals surface area contributed by atoms with Gasteiger partial charge in [-0.1, -0.05) is 18.9 Å². The molecule has 0 bridgehead atoms. The molecule has 0 aromatic heterocycles. The van der Waals surface area contributed by atoms with Crippen molar-refractivity contribution >= 4 is 31.6 Å². The van der Waals surface area contributed by atoms with E-state index in [0.717, 1.165) is 25.7 Å². The van der Waals surface area contributed by atoms with Crippen molar-refractivity contribution in [3.63, 3.8) is 0 Å². The van der Waals surface area contributed by atoms with Crippen LogP contribution in [-0.2, 0) is 10.0 Å². The summed E-state index contributed by atoms with van der Waals surface area (Å²) in [6.45, 7) is 4.00. The number of nitrogens with two attached hydrogens (primary N) is 1. The van der Waals surface area contributed by atoms with E-state index in [2.05, 4.69) is 22.5 Å². The molecule has 0 radical (unpaired) electrons. The van der Waals surface area contributed by atoms with Gasteiger partial charge in [0.15, 0.2) is 0 Å². The highest BCUT2D eigenvalue weighted by Gasteiger charge is 2.33. The largest absolute Gasteiger partial charge is 0.399 e. The van der Waals surface area contributed by atoms with Gasteiger partial charge in [-0.25, -0.2) is 8.42 Å². The first-order valence-electron chi connectivity index (χ1n) is 6.64. The number of nitrogens with zero attached hydrogens (tertiary/aromatic N) is 1. The predicted molar refractivity (Wildman–Crippen MR) is 84.9 cm³/mol. The van der Waals surface area contributed by atoms with E-state index in [1.807, 2.05) is 0 Å². The molecule has 1 aromatic rings. The molecule has 0 heterocycles. The summed E-state index contributed by atoms with van der Waals surface area (Å²) >= 11 is 3.31. The molecule has 1 aliphatic rings. The molecule has 1 aliphatic carbocycles. The number of benzene rings is 1. The van der Waals surface area contributed by atoms with Gasteiger partial charge in [-0.15, -0.1) is 6.58 Å². The monoisotopic (exact) mass is 358 g/mol. The summed E-state index contributed by atoms with van der Waals surface area (Å²) in [7, 11) is -3.56. The quantitative estimate of drug-likeness (QED) is 0.649.